The van der Waals surface area contributed by atoms with E-state index >= 15 is 0 Å². The minimum Gasteiger partial charge on any atom is -0.756 e. The average molecular weight is 1170 g/mol. The number of carbonyl (C=O) groups is 1. The fourth-order valence-corrected chi connectivity index (χ4v) is 10.9. The number of aliphatic hydroxyl groups is 1. The lowest BCUT2D eigenvalue weighted by Crippen LogP contribution is -2.45. The van der Waals surface area contributed by atoms with E-state index in [1.54, 1.807) is 6.08 Å². The number of carbonyl (C=O) groups excluding carboxylic acids is 1. The summed E-state index contributed by atoms with van der Waals surface area (Å²) < 4.78 is 23.4. The van der Waals surface area contributed by atoms with Crippen LogP contribution >= 0.6 is 7.82 Å². The molecule has 0 rings (SSSR count). The summed E-state index contributed by atoms with van der Waals surface area (Å²) in [6.07, 6.45) is 90.0. The molecule has 0 radical (unpaired) electrons. The van der Waals surface area contributed by atoms with Crippen molar-refractivity contribution >= 4 is 13.7 Å². The number of phosphoric acid groups is 1. The molecule has 0 aliphatic heterocycles. The minimum atomic E-state index is -4.61. The number of unbranched alkanes of at least 4 members (excludes halogenated alkanes) is 39. The minimum absolute atomic E-state index is 0.00662. The van der Waals surface area contributed by atoms with Crippen LogP contribution in [0.15, 0.2) is 85.1 Å². The Morgan fingerprint density at radius 1 is 0.439 bits per heavy atom. The van der Waals surface area contributed by atoms with Gasteiger partial charge in [0.1, 0.15) is 13.2 Å². The van der Waals surface area contributed by atoms with Gasteiger partial charge in [-0.2, -0.15) is 0 Å². The van der Waals surface area contributed by atoms with Gasteiger partial charge in [-0.1, -0.05) is 324 Å². The van der Waals surface area contributed by atoms with E-state index in [9.17, 15) is 19.4 Å². The zero-order chi connectivity index (χ0) is 59.8. The third-order valence-electron chi connectivity index (χ3n) is 15.6. The van der Waals surface area contributed by atoms with Crippen molar-refractivity contribution in [3.63, 3.8) is 0 Å². The van der Waals surface area contributed by atoms with E-state index in [1.807, 2.05) is 27.2 Å². The first-order valence-electron chi connectivity index (χ1n) is 34.9. The van der Waals surface area contributed by atoms with Crippen molar-refractivity contribution < 1.29 is 32.9 Å². The standard InChI is InChI=1S/C73H135N2O6P/c1-6-8-10-12-14-16-18-20-22-24-26-28-29-30-31-32-33-34-35-36-37-38-39-40-41-42-43-44-45-47-49-51-53-55-57-59-61-63-65-67-73(77)74-71(70-81-82(78,79)80-69-68-75(3,4)5)72(76)66-64-62-60-58-56-54-52-50-48-46-27-25-23-21-19-17-15-13-11-9-7-2/h8,10,14,16,20,22,26,28,30-31,56,58,64,66,71-72,76H,6-7,9,11-13,15,17-19,21,23-25,27,29,32-55,57,59-63,65,67-70H2,1-5H3,(H-,74,77,78,79)/b10-8-,16-14-,22-20-,28-26-,31-30-,58-56+,66-64+. The molecule has 0 aromatic heterocycles. The van der Waals surface area contributed by atoms with Gasteiger partial charge in [0.15, 0.2) is 0 Å². The third-order valence-corrected chi connectivity index (χ3v) is 16.6. The Kier molecular flexibility index (Phi) is 61.4. The molecular formula is C73H135N2O6P. The van der Waals surface area contributed by atoms with Gasteiger partial charge >= 0.3 is 0 Å². The average Bonchev–Trinajstić information content (AvgIpc) is 3.46. The molecule has 478 valence electrons. The van der Waals surface area contributed by atoms with Gasteiger partial charge < -0.3 is 28.8 Å². The van der Waals surface area contributed by atoms with Crippen molar-refractivity contribution in [3.05, 3.63) is 85.1 Å². The van der Waals surface area contributed by atoms with Crippen LogP contribution in [0.2, 0.25) is 0 Å². The number of amides is 1. The highest BCUT2D eigenvalue weighted by Crippen LogP contribution is 2.38. The number of hydrogen-bond donors (Lipinski definition) is 2. The predicted molar refractivity (Wildman–Crippen MR) is 357 cm³/mol. The van der Waals surface area contributed by atoms with Crippen molar-refractivity contribution in [3.8, 4) is 0 Å². The Morgan fingerprint density at radius 3 is 1.13 bits per heavy atom. The topological polar surface area (TPSA) is 108 Å². The second-order valence-electron chi connectivity index (χ2n) is 24.8. The highest BCUT2D eigenvalue weighted by atomic mass is 31.2. The van der Waals surface area contributed by atoms with Crippen molar-refractivity contribution in [1.29, 1.82) is 0 Å². The van der Waals surface area contributed by atoms with Crippen LogP contribution < -0.4 is 10.2 Å². The zero-order valence-corrected chi connectivity index (χ0v) is 55.6. The lowest BCUT2D eigenvalue weighted by molar-refractivity contribution is -0.870. The number of rotatable bonds is 64. The van der Waals surface area contributed by atoms with E-state index in [4.69, 9.17) is 9.05 Å². The van der Waals surface area contributed by atoms with Crippen LogP contribution in [0.1, 0.15) is 322 Å². The van der Waals surface area contributed by atoms with Crippen LogP contribution in [0.4, 0.5) is 0 Å². The van der Waals surface area contributed by atoms with Gasteiger partial charge in [-0.25, -0.2) is 0 Å². The van der Waals surface area contributed by atoms with Gasteiger partial charge in [-0.15, -0.1) is 0 Å². The number of hydrogen-bond acceptors (Lipinski definition) is 6. The van der Waals surface area contributed by atoms with Gasteiger partial charge in [-0.05, 0) is 77.0 Å². The van der Waals surface area contributed by atoms with Crippen LogP contribution in [-0.4, -0.2) is 68.5 Å². The highest BCUT2D eigenvalue weighted by Gasteiger charge is 2.23. The summed E-state index contributed by atoms with van der Waals surface area (Å²) >= 11 is 0. The molecule has 3 atom stereocenters. The maximum absolute atomic E-state index is 13.0. The molecule has 3 unspecified atom stereocenters. The molecular weight excluding hydrogens is 1030 g/mol. The molecule has 0 saturated heterocycles. The van der Waals surface area contributed by atoms with Gasteiger partial charge in [0.05, 0.1) is 39.9 Å². The second-order valence-corrected chi connectivity index (χ2v) is 26.3. The molecule has 1 amide bonds. The van der Waals surface area contributed by atoms with Crippen molar-refractivity contribution in [2.75, 3.05) is 40.9 Å². The maximum atomic E-state index is 13.0. The molecule has 0 spiro atoms. The molecule has 0 aliphatic rings. The molecule has 9 heteroatoms. The number of nitrogens with one attached hydrogen (secondary N) is 1. The van der Waals surface area contributed by atoms with E-state index in [1.165, 1.54) is 231 Å². The van der Waals surface area contributed by atoms with E-state index in [0.29, 0.717) is 17.4 Å². The molecule has 0 fully saturated rings. The van der Waals surface area contributed by atoms with Crippen LogP contribution in [0, 0.1) is 0 Å². The van der Waals surface area contributed by atoms with Gasteiger partial charge in [0.2, 0.25) is 5.91 Å². The third kappa shape index (κ3) is 65.2. The lowest BCUT2D eigenvalue weighted by atomic mass is 10.0. The summed E-state index contributed by atoms with van der Waals surface area (Å²) in [4.78, 5) is 25.6. The van der Waals surface area contributed by atoms with Crippen LogP contribution in [-0.2, 0) is 18.4 Å². The Balaban J connectivity index is 4.00. The summed E-state index contributed by atoms with van der Waals surface area (Å²) in [5.74, 6) is -0.203. The Labute approximate surface area is 509 Å². The smallest absolute Gasteiger partial charge is 0.268 e. The Bertz CT molecular complexity index is 1610. The number of phosphoric ester groups is 1. The van der Waals surface area contributed by atoms with E-state index in [0.717, 1.165) is 70.6 Å². The lowest BCUT2D eigenvalue weighted by Gasteiger charge is -2.29. The van der Waals surface area contributed by atoms with E-state index in [-0.39, 0.29) is 12.5 Å². The molecule has 82 heavy (non-hydrogen) atoms. The number of quaternary nitrogens is 1. The van der Waals surface area contributed by atoms with Crippen molar-refractivity contribution in [1.82, 2.24) is 5.32 Å². The molecule has 0 aromatic rings. The Hall–Kier alpha value is -2.32. The fourth-order valence-electron chi connectivity index (χ4n) is 10.2. The molecule has 2 N–H and O–H groups in total. The van der Waals surface area contributed by atoms with Gasteiger partial charge in [-0.3, -0.25) is 9.36 Å². The largest absolute Gasteiger partial charge is 0.756 e. The van der Waals surface area contributed by atoms with Crippen molar-refractivity contribution in [2.45, 2.75) is 334 Å². The summed E-state index contributed by atoms with van der Waals surface area (Å²) in [7, 11) is 1.25. The molecule has 8 nitrogen and oxygen atoms in total. The summed E-state index contributed by atoms with van der Waals surface area (Å²) in [6, 6.07) is -0.906. The van der Waals surface area contributed by atoms with Gasteiger partial charge in [0.25, 0.3) is 7.82 Å². The zero-order valence-electron chi connectivity index (χ0n) is 54.7. The van der Waals surface area contributed by atoms with Crippen LogP contribution in [0.5, 0.6) is 0 Å². The predicted octanol–water partition coefficient (Wildman–Crippen LogP) is 21.7. The summed E-state index contributed by atoms with van der Waals surface area (Å²) in [6.45, 7) is 4.55. The molecule has 0 aromatic carbocycles. The maximum Gasteiger partial charge on any atom is 0.268 e. The first-order valence-corrected chi connectivity index (χ1v) is 36.4. The summed E-state index contributed by atoms with van der Waals surface area (Å²) in [5.41, 5.74) is 0. The van der Waals surface area contributed by atoms with Crippen LogP contribution in [0.25, 0.3) is 0 Å². The molecule has 0 bridgehead atoms. The first kappa shape index (κ1) is 79.7. The number of aliphatic hydroxyl groups excluding tert-OH is 1. The number of allylic oxidation sites excluding steroid dienone is 13. The Morgan fingerprint density at radius 2 is 0.756 bits per heavy atom. The molecule has 0 saturated carbocycles. The van der Waals surface area contributed by atoms with Gasteiger partial charge in [0, 0.05) is 6.42 Å². The molecule has 0 aliphatic carbocycles. The van der Waals surface area contributed by atoms with E-state index < -0.39 is 26.6 Å². The fraction of sp³-hybridized carbons (Fsp3) is 0.795. The number of likely N-dealkylation sites (N-methyl/N-ethyl adjacent to an activating group) is 1. The van der Waals surface area contributed by atoms with Crippen LogP contribution in [0.3, 0.4) is 0 Å². The van der Waals surface area contributed by atoms with Crippen molar-refractivity contribution in [2.24, 2.45) is 0 Å². The summed E-state index contributed by atoms with van der Waals surface area (Å²) in [5, 5.41) is 13.9. The SMILES string of the molecule is CC/C=C\C/C=C\C/C=C\C/C=C\C/C=C\CCCCCCCCCCCCCCCCCCCCCCCCCC(=O)NC(COP(=O)([O-])OCC[N+](C)(C)C)C(O)/C=C/CC/C=C/CCCCCCCCCCCCCCCCC. The monoisotopic (exact) mass is 1170 g/mol. The quantitative estimate of drug-likeness (QED) is 0.0272. The first-order chi connectivity index (χ1) is 40.0. The van der Waals surface area contributed by atoms with E-state index in [2.05, 4.69) is 92.1 Å². The molecule has 0 heterocycles. The normalized spacial score (nSPS) is 14.2. The second kappa shape index (κ2) is 63.2. The highest BCUT2D eigenvalue weighted by molar-refractivity contribution is 7.45. The number of nitrogens with zero attached hydrogens (tertiary/aromatic N) is 1.